The minimum atomic E-state index is -5.92. The van der Waals surface area contributed by atoms with Gasteiger partial charge in [0.2, 0.25) is 41.4 Å². The zero-order valence-electron chi connectivity index (χ0n) is 46.6. The number of piperidine rings is 1. The van der Waals surface area contributed by atoms with Crippen LogP contribution in [0.15, 0.2) is 103 Å². The third-order valence-electron chi connectivity index (χ3n) is 16.6. The quantitative estimate of drug-likeness (QED) is 0.0262. The molecule has 6 heterocycles. The summed E-state index contributed by atoms with van der Waals surface area (Å²) in [6.07, 6.45) is 2.82. The lowest BCUT2D eigenvalue weighted by atomic mass is 9.96. The Hall–Kier alpha value is -8.20. The number of nitrogens with zero attached hydrogens (tertiary/aromatic N) is 4. The molecule has 5 aliphatic heterocycles. The van der Waals surface area contributed by atoms with Crippen LogP contribution in [0.5, 0.6) is 0 Å². The Labute approximate surface area is 497 Å². The summed E-state index contributed by atoms with van der Waals surface area (Å²) in [6, 6.07) is 22.0. The lowest BCUT2D eigenvalue weighted by molar-refractivity contribution is -0.148. The summed E-state index contributed by atoms with van der Waals surface area (Å²) in [5, 5.41) is 11.0. The number of imide groups is 1. The zero-order chi connectivity index (χ0) is 61.0. The Morgan fingerprint density at radius 1 is 0.849 bits per heavy atom. The summed E-state index contributed by atoms with van der Waals surface area (Å²) >= 11 is 0.881. The first-order chi connectivity index (χ1) is 41.1. The van der Waals surface area contributed by atoms with Crippen LogP contribution in [-0.4, -0.2) is 145 Å². The molecule has 2 unspecified atom stereocenters. The van der Waals surface area contributed by atoms with E-state index >= 15 is 4.79 Å². The van der Waals surface area contributed by atoms with Gasteiger partial charge in [0.25, 0.3) is 11.8 Å². The standard InChI is InChI=1S/C61H64F2N9O12PS/c62-61(63,85(82,83)84)41-19-24-49-39(30-41)31-50(86-49)57(78)66-46-35-70(58(79)40-32-69(33-40)28-10-2-1-5-12-36-17-11-18-43-44(36)34-71(59(43)80)47-23-26-52(74)67-55(47)76)29-27-42-20-22-48(72(42)60(46)81)56(77)65-45(21-25-51(64)73)54(75)68-53(37-13-6-3-7-14-37)38-15-8-4-9-16-38/h3-4,6-9,11,13-19,24,30-31,40,42,45-48,53H,1-2,10,20-23,25-29,32-35H2,(H2,64,73)(H,65,77)(H,66,78)(H,68,75)(H,67,74,76)(H2,82,83,84)/t42-,45?,46+,47?,48+/m1/s1. The number of amides is 9. The van der Waals surface area contributed by atoms with Gasteiger partial charge in [0.1, 0.15) is 24.2 Å². The van der Waals surface area contributed by atoms with Crippen LogP contribution in [0.4, 0.5) is 8.78 Å². The van der Waals surface area contributed by atoms with Crippen LogP contribution >= 0.6 is 18.9 Å². The summed E-state index contributed by atoms with van der Waals surface area (Å²) < 4.78 is 41.6. The predicted octanol–water partition coefficient (Wildman–Crippen LogP) is 4.39. The Balaban J connectivity index is 0.807. The Bertz CT molecular complexity index is 3570. The maximum absolute atomic E-state index is 15.1. The van der Waals surface area contributed by atoms with E-state index in [2.05, 4.69) is 38.0 Å². The minimum Gasteiger partial charge on any atom is -0.370 e. The van der Waals surface area contributed by atoms with Crippen molar-refractivity contribution in [2.45, 2.75) is 113 Å². The molecule has 0 bridgehead atoms. The Morgan fingerprint density at radius 2 is 1.57 bits per heavy atom. The maximum Gasteiger partial charge on any atom is 0.399 e. The molecule has 5 aromatic rings. The number of benzene rings is 4. The SMILES string of the molecule is NC(=O)CCC(NC(=O)[C@@H]1CC[C@@H]2CCN(C(=O)C3CN(CCCCC#Cc4cccc5c4CN(C4CCC(=O)NC4=O)C5=O)C3)C[C@H](NC(=O)c3cc4cc(C(F)(F)P(=O)(O)O)ccc4s3)C(=O)N21)C(=O)NC(c1ccccc1)c1ccccc1. The van der Waals surface area contributed by atoms with Crippen LogP contribution in [0.25, 0.3) is 10.1 Å². The first kappa shape index (κ1) is 60.9. The van der Waals surface area contributed by atoms with Gasteiger partial charge in [0.05, 0.1) is 16.8 Å². The van der Waals surface area contributed by atoms with Crippen LogP contribution in [0, 0.1) is 17.8 Å². The molecule has 21 nitrogen and oxygen atoms in total. The van der Waals surface area contributed by atoms with E-state index in [0.717, 1.165) is 53.0 Å². The fourth-order valence-electron chi connectivity index (χ4n) is 12.0. The van der Waals surface area contributed by atoms with Crippen molar-refractivity contribution in [1.29, 1.82) is 0 Å². The van der Waals surface area contributed by atoms with E-state index in [9.17, 15) is 61.5 Å². The van der Waals surface area contributed by atoms with Gasteiger partial charge in [0.15, 0.2) is 0 Å². The smallest absolute Gasteiger partial charge is 0.370 e. The van der Waals surface area contributed by atoms with E-state index in [4.69, 9.17) is 5.73 Å². The number of alkyl halides is 2. The predicted molar refractivity (Wildman–Crippen MR) is 310 cm³/mol. The number of nitrogens with two attached hydrogens (primary N) is 1. The molecule has 4 fully saturated rings. The molecule has 0 saturated carbocycles. The van der Waals surface area contributed by atoms with Crippen molar-refractivity contribution >= 4 is 82.2 Å². The maximum atomic E-state index is 15.1. The number of carbonyl (C=O) groups is 9. The number of thiophene rings is 1. The van der Waals surface area contributed by atoms with E-state index in [0.29, 0.717) is 48.3 Å². The fourth-order valence-corrected chi connectivity index (χ4v) is 13.4. The van der Waals surface area contributed by atoms with Gasteiger partial charge in [0, 0.05) is 79.4 Å². The number of unbranched alkanes of at least 4 members (excludes halogenated alkanes) is 2. The molecule has 450 valence electrons. The number of nitrogens with one attached hydrogen (secondary N) is 4. The molecule has 9 amide bonds. The highest BCUT2D eigenvalue weighted by Crippen LogP contribution is 2.59. The Morgan fingerprint density at radius 3 is 2.26 bits per heavy atom. The monoisotopic (exact) mass is 1220 g/mol. The number of hydrogen-bond acceptors (Lipinski definition) is 12. The second-order valence-electron chi connectivity index (χ2n) is 22.3. The molecule has 0 aliphatic carbocycles. The van der Waals surface area contributed by atoms with Crippen molar-refractivity contribution in [2.75, 3.05) is 32.7 Å². The van der Waals surface area contributed by atoms with Crippen LogP contribution in [0.2, 0.25) is 0 Å². The zero-order valence-corrected chi connectivity index (χ0v) is 48.3. The fraction of sp³-hybridized carbons (Fsp3) is 0.393. The van der Waals surface area contributed by atoms with Crippen LogP contribution < -0.4 is 27.0 Å². The lowest BCUT2D eigenvalue weighted by Gasteiger charge is -2.43. The van der Waals surface area contributed by atoms with Crippen molar-refractivity contribution in [3.8, 4) is 11.8 Å². The number of likely N-dealkylation sites (tertiary alicyclic amines) is 1. The van der Waals surface area contributed by atoms with Gasteiger partial charge in [-0.05, 0) is 104 Å². The van der Waals surface area contributed by atoms with Gasteiger partial charge < -0.3 is 51.1 Å². The van der Waals surface area contributed by atoms with Gasteiger partial charge in [-0.25, -0.2) is 0 Å². The largest absolute Gasteiger partial charge is 0.399 e. The van der Waals surface area contributed by atoms with Gasteiger partial charge in [-0.15, -0.1) is 11.3 Å². The number of primary amides is 1. The summed E-state index contributed by atoms with van der Waals surface area (Å²) in [6.45, 7) is 1.62. The molecule has 4 saturated heterocycles. The third-order valence-corrected chi connectivity index (χ3v) is 18.7. The molecular weight excluding hydrogens is 1150 g/mol. The molecule has 25 heteroatoms. The van der Waals surface area contributed by atoms with E-state index in [1.165, 1.54) is 21.9 Å². The number of carbonyl (C=O) groups excluding carboxylic acids is 9. The van der Waals surface area contributed by atoms with Crippen molar-refractivity contribution < 1.29 is 66.3 Å². The normalized spacial score (nSPS) is 20.5. The highest BCUT2D eigenvalue weighted by Gasteiger charge is 2.51. The molecule has 10 rings (SSSR count). The van der Waals surface area contributed by atoms with Crippen molar-refractivity contribution in [2.24, 2.45) is 11.7 Å². The highest BCUT2D eigenvalue weighted by atomic mass is 32.1. The molecule has 5 atom stereocenters. The molecule has 86 heavy (non-hydrogen) atoms. The first-order valence-corrected chi connectivity index (χ1v) is 30.9. The molecule has 0 radical (unpaired) electrons. The number of rotatable bonds is 19. The lowest BCUT2D eigenvalue weighted by Crippen LogP contribution is -2.63. The Kier molecular flexibility index (Phi) is 18.3. The number of fused-ring (bicyclic) bond motifs is 3. The van der Waals surface area contributed by atoms with Gasteiger partial charge in [-0.2, -0.15) is 8.78 Å². The molecule has 8 N–H and O–H groups in total. The van der Waals surface area contributed by atoms with Crippen LogP contribution in [0.3, 0.4) is 0 Å². The minimum absolute atomic E-state index is 0.0386. The summed E-state index contributed by atoms with van der Waals surface area (Å²) in [5.74, 6) is 1.10. The van der Waals surface area contributed by atoms with Gasteiger partial charge in [-0.3, -0.25) is 53.0 Å². The molecule has 1 aromatic heterocycles. The summed E-state index contributed by atoms with van der Waals surface area (Å²) in [4.78, 5) is 148. The van der Waals surface area contributed by atoms with E-state index < -0.39 is 96.4 Å². The number of halogens is 2. The first-order valence-electron chi connectivity index (χ1n) is 28.5. The third kappa shape index (κ3) is 13.3. The van der Waals surface area contributed by atoms with Crippen LogP contribution in [-0.2, 0) is 50.3 Å². The average molecular weight is 1220 g/mol. The van der Waals surface area contributed by atoms with Gasteiger partial charge in [-0.1, -0.05) is 84.6 Å². The molecule has 5 aliphatic rings. The topological polar surface area (TPSA) is 298 Å². The molecule has 4 aromatic carbocycles. The molecule has 0 spiro atoms. The second-order valence-corrected chi connectivity index (χ2v) is 25.0. The second kappa shape index (κ2) is 25.8. The number of hydrogen-bond donors (Lipinski definition) is 7. The van der Waals surface area contributed by atoms with E-state index in [1.807, 2.05) is 66.7 Å². The van der Waals surface area contributed by atoms with E-state index in [1.54, 1.807) is 17.0 Å². The highest BCUT2D eigenvalue weighted by molar-refractivity contribution is 7.52. The van der Waals surface area contributed by atoms with Crippen molar-refractivity contribution in [1.82, 2.24) is 40.9 Å². The van der Waals surface area contributed by atoms with Crippen molar-refractivity contribution in [3.63, 3.8) is 0 Å². The average Bonchev–Trinajstić information content (AvgIpc) is 3.13. The summed E-state index contributed by atoms with van der Waals surface area (Å²) in [7, 11) is -5.92. The summed E-state index contributed by atoms with van der Waals surface area (Å²) in [5.41, 5.74) is 3.49. The van der Waals surface area contributed by atoms with Crippen molar-refractivity contribution in [3.05, 3.63) is 141 Å². The van der Waals surface area contributed by atoms with Crippen LogP contribution in [0.1, 0.15) is 118 Å². The molecular formula is C61H64F2N9O12PS. The van der Waals surface area contributed by atoms with E-state index in [-0.39, 0.29) is 86.1 Å². The van der Waals surface area contributed by atoms with Gasteiger partial charge >= 0.3 is 13.3 Å².